The van der Waals surface area contributed by atoms with E-state index in [0.717, 1.165) is 0 Å². The van der Waals surface area contributed by atoms with Crippen molar-refractivity contribution in [3.05, 3.63) is 0 Å². The highest BCUT2D eigenvalue weighted by atomic mass is 16.3. The quantitative estimate of drug-likeness (QED) is 0.663. The van der Waals surface area contributed by atoms with E-state index in [2.05, 4.69) is 17.6 Å². The number of nitrogens with one attached hydrogen (secondary N) is 2. The molecule has 1 saturated heterocycles. The van der Waals surface area contributed by atoms with E-state index in [0.29, 0.717) is 18.9 Å². The van der Waals surface area contributed by atoms with Gasteiger partial charge >= 0.3 is 0 Å². The largest absolute Gasteiger partial charge is 0.392 e. The lowest BCUT2D eigenvalue weighted by atomic mass is 9.93. The van der Waals surface area contributed by atoms with Crippen molar-refractivity contribution in [1.29, 1.82) is 0 Å². The second-order valence-electron chi connectivity index (χ2n) is 5.90. The fourth-order valence-corrected chi connectivity index (χ4v) is 3.17. The Morgan fingerprint density at radius 1 is 1.28 bits per heavy atom. The molecular weight excluding hydrogens is 228 g/mol. The summed E-state index contributed by atoms with van der Waals surface area (Å²) in [7, 11) is 0. The van der Waals surface area contributed by atoms with Crippen LogP contribution < -0.4 is 10.6 Å². The van der Waals surface area contributed by atoms with Gasteiger partial charge in [-0.15, -0.1) is 0 Å². The molecule has 104 valence electrons. The summed E-state index contributed by atoms with van der Waals surface area (Å²) < 4.78 is 0. The SMILES string of the molecule is C[C@H](NC(=O)C1CC(O)CN1)C1CCCCCC1. The lowest BCUT2D eigenvalue weighted by Gasteiger charge is -2.25. The van der Waals surface area contributed by atoms with Gasteiger partial charge < -0.3 is 15.7 Å². The molecule has 0 spiro atoms. The minimum absolute atomic E-state index is 0.0586. The maximum atomic E-state index is 12.0. The third-order valence-corrected chi connectivity index (χ3v) is 4.40. The van der Waals surface area contributed by atoms with Gasteiger partial charge in [0, 0.05) is 12.6 Å². The molecule has 2 unspecified atom stereocenters. The van der Waals surface area contributed by atoms with Gasteiger partial charge in [-0.25, -0.2) is 0 Å². The van der Waals surface area contributed by atoms with Gasteiger partial charge in [0.15, 0.2) is 0 Å². The third-order valence-electron chi connectivity index (χ3n) is 4.40. The van der Waals surface area contributed by atoms with Crippen LogP contribution >= 0.6 is 0 Å². The van der Waals surface area contributed by atoms with E-state index in [1.54, 1.807) is 0 Å². The van der Waals surface area contributed by atoms with E-state index >= 15 is 0 Å². The number of hydrogen-bond acceptors (Lipinski definition) is 3. The summed E-state index contributed by atoms with van der Waals surface area (Å²) in [5, 5.41) is 15.6. The predicted molar refractivity (Wildman–Crippen MR) is 71.2 cm³/mol. The molecule has 3 atom stereocenters. The summed E-state index contributed by atoms with van der Waals surface area (Å²) >= 11 is 0. The number of carbonyl (C=O) groups excluding carboxylic acids is 1. The number of hydrogen-bond donors (Lipinski definition) is 3. The Bertz CT molecular complexity index is 275. The first-order valence-electron chi connectivity index (χ1n) is 7.38. The normalized spacial score (nSPS) is 31.9. The molecule has 0 aromatic carbocycles. The van der Waals surface area contributed by atoms with E-state index in [1.807, 2.05) is 0 Å². The number of carbonyl (C=O) groups is 1. The second kappa shape index (κ2) is 6.53. The van der Waals surface area contributed by atoms with Crippen molar-refractivity contribution >= 4 is 5.91 Å². The second-order valence-corrected chi connectivity index (χ2v) is 5.90. The van der Waals surface area contributed by atoms with Crippen LogP contribution in [0.5, 0.6) is 0 Å². The van der Waals surface area contributed by atoms with Crippen LogP contribution in [0.4, 0.5) is 0 Å². The summed E-state index contributed by atoms with van der Waals surface area (Å²) in [6.45, 7) is 2.66. The minimum Gasteiger partial charge on any atom is -0.392 e. The van der Waals surface area contributed by atoms with Gasteiger partial charge in [0.25, 0.3) is 0 Å². The summed E-state index contributed by atoms with van der Waals surface area (Å²) in [6, 6.07) is 0.0587. The van der Waals surface area contributed by atoms with E-state index in [-0.39, 0.29) is 24.1 Å². The molecular formula is C14H26N2O2. The van der Waals surface area contributed by atoms with Gasteiger partial charge in [-0.1, -0.05) is 25.7 Å². The maximum absolute atomic E-state index is 12.0. The first kappa shape index (κ1) is 13.8. The lowest BCUT2D eigenvalue weighted by Crippen LogP contribution is -2.46. The van der Waals surface area contributed by atoms with Crippen LogP contribution in [0.15, 0.2) is 0 Å². The molecule has 2 rings (SSSR count). The molecule has 1 amide bonds. The molecule has 0 bridgehead atoms. The van der Waals surface area contributed by atoms with Crippen LogP contribution in [0.1, 0.15) is 51.9 Å². The van der Waals surface area contributed by atoms with Crippen molar-refractivity contribution < 1.29 is 9.90 Å². The molecule has 1 aliphatic carbocycles. The molecule has 1 heterocycles. The number of β-amino-alcohol motifs (C(OH)–C–C–N with tert-alkyl or cyclic N) is 1. The summed E-state index contributed by atoms with van der Waals surface area (Å²) in [4.78, 5) is 12.0. The molecule has 4 nitrogen and oxygen atoms in total. The van der Waals surface area contributed by atoms with Crippen molar-refractivity contribution in [3.63, 3.8) is 0 Å². The Hall–Kier alpha value is -0.610. The van der Waals surface area contributed by atoms with E-state index in [4.69, 9.17) is 0 Å². The zero-order valence-corrected chi connectivity index (χ0v) is 11.3. The average molecular weight is 254 g/mol. The molecule has 0 aromatic heterocycles. The highest BCUT2D eigenvalue weighted by Gasteiger charge is 2.30. The number of aliphatic hydroxyl groups excluding tert-OH is 1. The van der Waals surface area contributed by atoms with Gasteiger partial charge in [0.05, 0.1) is 12.1 Å². The Morgan fingerprint density at radius 2 is 1.94 bits per heavy atom. The van der Waals surface area contributed by atoms with Crippen molar-refractivity contribution in [2.75, 3.05) is 6.54 Å². The van der Waals surface area contributed by atoms with Gasteiger partial charge in [-0.05, 0) is 32.1 Å². The van der Waals surface area contributed by atoms with Crippen LogP contribution in [0.3, 0.4) is 0 Å². The molecule has 0 aromatic rings. The van der Waals surface area contributed by atoms with Crippen molar-refractivity contribution in [3.8, 4) is 0 Å². The van der Waals surface area contributed by atoms with E-state index in [9.17, 15) is 9.90 Å². The molecule has 2 fully saturated rings. The molecule has 18 heavy (non-hydrogen) atoms. The highest BCUT2D eigenvalue weighted by molar-refractivity contribution is 5.82. The Kier molecular flexibility index (Phi) is 5.01. The standard InChI is InChI=1S/C14H26N2O2/c1-10(11-6-4-2-3-5-7-11)16-14(18)13-8-12(17)9-15-13/h10-13,15,17H,2-9H2,1H3,(H,16,18)/t10-,12?,13?/m0/s1. The third kappa shape index (κ3) is 3.69. The maximum Gasteiger partial charge on any atom is 0.237 e. The summed E-state index contributed by atoms with van der Waals surface area (Å²) in [5.74, 6) is 0.686. The first-order chi connectivity index (χ1) is 8.66. The molecule has 3 N–H and O–H groups in total. The average Bonchev–Trinajstić information content (AvgIpc) is 2.63. The van der Waals surface area contributed by atoms with Crippen molar-refractivity contribution in [1.82, 2.24) is 10.6 Å². The van der Waals surface area contributed by atoms with Crippen LogP contribution in [0.2, 0.25) is 0 Å². The smallest absolute Gasteiger partial charge is 0.237 e. The Morgan fingerprint density at radius 3 is 2.50 bits per heavy atom. The first-order valence-corrected chi connectivity index (χ1v) is 7.38. The molecule has 0 radical (unpaired) electrons. The molecule has 2 aliphatic rings. The van der Waals surface area contributed by atoms with E-state index < -0.39 is 0 Å². The van der Waals surface area contributed by atoms with Crippen molar-refractivity contribution in [2.24, 2.45) is 5.92 Å². The number of amides is 1. The monoisotopic (exact) mass is 254 g/mol. The Labute approximate surface area is 110 Å². The molecule has 1 aliphatic heterocycles. The summed E-state index contributed by atoms with van der Waals surface area (Å²) in [5.41, 5.74) is 0. The number of rotatable bonds is 3. The summed E-state index contributed by atoms with van der Waals surface area (Å²) in [6.07, 6.45) is 7.93. The van der Waals surface area contributed by atoms with Crippen LogP contribution in [0, 0.1) is 5.92 Å². The fourth-order valence-electron chi connectivity index (χ4n) is 3.17. The van der Waals surface area contributed by atoms with Crippen molar-refractivity contribution in [2.45, 2.75) is 70.1 Å². The zero-order chi connectivity index (χ0) is 13.0. The van der Waals surface area contributed by atoms with Gasteiger partial charge in [-0.3, -0.25) is 4.79 Å². The fraction of sp³-hybridized carbons (Fsp3) is 0.929. The lowest BCUT2D eigenvalue weighted by molar-refractivity contribution is -0.123. The topological polar surface area (TPSA) is 61.4 Å². The van der Waals surface area contributed by atoms with Gasteiger partial charge in [0.2, 0.25) is 5.91 Å². The predicted octanol–water partition coefficient (Wildman–Crippen LogP) is 1.18. The van der Waals surface area contributed by atoms with Crippen LogP contribution in [-0.2, 0) is 4.79 Å². The van der Waals surface area contributed by atoms with E-state index in [1.165, 1.54) is 38.5 Å². The van der Waals surface area contributed by atoms with Crippen LogP contribution in [-0.4, -0.2) is 35.7 Å². The van der Waals surface area contributed by atoms with Gasteiger partial charge in [-0.2, -0.15) is 0 Å². The highest BCUT2D eigenvalue weighted by Crippen LogP contribution is 2.25. The number of aliphatic hydroxyl groups is 1. The Balaban J connectivity index is 1.78. The minimum atomic E-state index is -0.367. The van der Waals surface area contributed by atoms with Gasteiger partial charge in [0.1, 0.15) is 0 Å². The zero-order valence-electron chi connectivity index (χ0n) is 11.3. The van der Waals surface area contributed by atoms with Crippen LogP contribution in [0.25, 0.3) is 0 Å². The molecule has 4 heteroatoms. The molecule has 1 saturated carbocycles.